The number of amides is 1. The summed E-state index contributed by atoms with van der Waals surface area (Å²) in [6.45, 7) is 2.10. The third-order valence-electron chi connectivity index (χ3n) is 3.38. The van der Waals surface area contributed by atoms with Crippen LogP contribution in [0.4, 0.5) is 5.69 Å². The highest BCUT2D eigenvalue weighted by Crippen LogP contribution is 2.46. The van der Waals surface area contributed by atoms with Crippen molar-refractivity contribution in [3.8, 4) is 0 Å². The van der Waals surface area contributed by atoms with E-state index in [9.17, 15) is 4.79 Å². The van der Waals surface area contributed by atoms with Gasteiger partial charge < -0.3 is 11.1 Å². The van der Waals surface area contributed by atoms with E-state index in [1.54, 1.807) is 0 Å². The quantitative estimate of drug-likeness (QED) is 0.839. The molecular weight excluding hydrogens is 312 g/mol. The summed E-state index contributed by atoms with van der Waals surface area (Å²) < 4.78 is 0.923. The van der Waals surface area contributed by atoms with Gasteiger partial charge in [0.25, 0.3) is 0 Å². The Kier molecular flexibility index (Phi) is 3.73. The maximum Gasteiger partial charge on any atom is 0.237 e. The summed E-state index contributed by atoms with van der Waals surface area (Å²) in [6.07, 6.45) is 1.48. The predicted octanol–water partition coefficient (Wildman–Crippen LogP) is 3.09. The van der Waals surface area contributed by atoms with E-state index in [4.69, 9.17) is 18.0 Å². The maximum absolute atomic E-state index is 12.3. The smallest absolute Gasteiger partial charge is 0.237 e. The van der Waals surface area contributed by atoms with Crippen LogP contribution in [0.1, 0.15) is 19.8 Å². The first-order chi connectivity index (χ1) is 8.44. The molecule has 96 valence electrons. The van der Waals surface area contributed by atoms with Gasteiger partial charge in [-0.05, 0) is 37.0 Å². The minimum absolute atomic E-state index is 0.0915. The molecule has 3 nitrogen and oxygen atoms in total. The van der Waals surface area contributed by atoms with Crippen LogP contribution in [0.3, 0.4) is 0 Å². The fourth-order valence-corrected chi connectivity index (χ4v) is 3.10. The molecule has 0 spiro atoms. The van der Waals surface area contributed by atoms with Gasteiger partial charge in [0.2, 0.25) is 5.91 Å². The summed E-state index contributed by atoms with van der Waals surface area (Å²) >= 11 is 8.43. The van der Waals surface area contributed by atoms with Crippen LogP contribution in [0.2, 0.25) is 0 Å². The monoisotopic (exact) mass is 326 g/mol. The third kappa shape index (κ3) is 2.42. The predicted molar refractivity (Wildman–Crippen MR) is 80.4 cm³/mol. The number of nitrogens with two attached hydrogens (primary N) is 1. The second kappa shape index (κ2) is 4.97. The molecule has 0 atom stereocenters. The number of nitrogens with one attached hydrogen (secondary N) is 1. The van der Waals surface area contributed by atoms with Gasteiger partial charge in [0.05, 0.1) is 10.4 Å². The lowest BCUT2D eigenvalue weighted by Crippen LogP contribution is -2.53. The topological polar surface area (TPSA) is 55.1 Å². The Balaban J connectivity index is 2.14. The zero-order chi connectivity index (χ0) is 13.3. The van der Waals surface area contributed by atoms with Crippen molar-refractivity contribution in [1.82, 2.24) is 0 Å². The number of hydrogen-bond donors (Lipinski definition) is 2. The molecule has 0 aromatic heterocycles. The van der Waals surface area contributed by atoms with Gasteiger partial charge in [-0.3, -0.25) is 4.79 Å². The Morgan fingerprint density at radius 2 is 2.22 bits per heavy atom. The lowest BCUT2D eigenvalue weighted by Gasteiger charge is -2.44. The van der Waals surface area contributed by atoms with Gasteiger partial charge in [0, 0.05) is 10.2 Å². The highest BCUT2D eigenvalue weighted by Gasteiger charge is 2.50. The SMILES string of the molecule is CC1CC(C(=O)Nc2cccc(Br)c2)(C(N)=S)C1. The number of hydrogen-bond acceptors (Lipinski definition) is 2. The summed E-state index contributed by atoms with van der Waals surface area (Å²) in [5.74, 6) is 0.408. The molecule has 1 amide bonds. The number of anilines is 1. The normalized spacial score (nSPS) is 26.2. The number of thiocarbonyl (C=S) groups is 1. The van der Waals surface area contributed by atoms with Crippen LogP contribution in [0.25, 0.3) is 0 Å². The number of carbonyl (C=O) groups excluding carboxylic acids is 1. The minimum atomic E-state index is -0.656. The Morgan fingerprint density at radius 3 is 2.72 bits per heavy atom. The maximum atomic E-state index is 12.3. The van der Waals surface area contributed by atoms with Gasteiger partial charge >= 0.3 is 0 Å². The van der Waals surface area contributed by atoms with Gasteiger partial charge in [-0.1, -0.05) is 41.1 Å². The second-order valence-electron chi connectivity index (χ2n) is 4.92. The standard InChI is InChI=1S/C13H15BrN2OS/c1-8-6-13(7-8,11(15)18)12(17)16-10-4-2-3-9(14)5-10/h2-5,8H,6-7H2,1H3,(H2,15,18)(H,16,17). The van der Waals surface area contributed by atoms with Crippen LogP contribution in [0.15, 0.2) is 28.7 Å². The number of benzene rings is 1. The van der Waals surface area contributed by atoms with Crippen LogP contribution < -0.4 is 11.1 Å². The van der Waals surface area contributed by atoms with E-state index in [0.29, 0.717) is 10.9 Å². The fourth-order valence-electron chi connectivity index (χ4n) is 2.45. The molecular formula is C13H15BrN2OS. The highest BCUT2D eigenvalue weighted by atomic mass is 79.9. The summed E-state index contributed by atoms with van der Waals surface area (Å²) in [6, 6.07) is 7.48. The van der Waals surface area contributed by atoms with E-state index in [-0.39, 0.29) is 5.91 Å². The summed E-state index contributed by atoms with van der Waals surface area (Å²) in [7, 11) is 0. The van der Waals surface area contributed by atoms with Crippen molar-refractivity contribution < 1.29 is 4.79 Å². The molecule has 18 heavy (non-hydrogen) atoms. The van der Waals surface area contributed by atoms with E-state index < -0.39 is 5.41 Å². The summed E-state index contributed by atoms with van der Waals surface area (Å²) in [5.41, 5.74) is 5.84. The first kappa shape index (κ1) is 13.5. The Labute approximate surface area is 120 Å². The molecule has 1 saturated carbocycles. The van der Waals surface area contributed by atoms with Crippen molar-refractivity contribution in [2.45, 2.75) is 19.8 Å². The molecule has 0 saturated heterocycles. The van der Waals surface area contributed by atoms with Crippen LogP contribution in [0.5, 0.6) is 0 Å². The minimum Gasteiger partial charge on any atom is -0.392 e. The van der Waals surface area contributed by atoms with Crippen molar-refractivity contribution >= 4 is 44.7 Å². The summed E-state index contributed by atoms with van der Waals surface area (Å²) in [4.78, 5) is 12.6. The third-order valence-corrected chi connectivity index (χ3v) is 4.27. The highest BCUT2D eigenvalue weighted by molar-refractivity contribution is 9.10. The molecule has 0 bridgehead atoms. The lowest BCUT2D eigenvalue weighted by atomic mass is 9.62. The van der Waals surface area contributed by atoms with Crippen molar-refractivity contribution in [2.24, 2.45) is 17.1 Å². The van der Waals surface area contributed by atoms with Gasteiger partial charge in [-0.2, -0.15) is 0 Å². The number of halogens is 1. The molecule has 1 aliphatic carbocycles. The zero-order valence-electron chi connectivity index (χ0n) is 10.1. The second-order valence-corrected chi connectivity index (χ2v) is 6.28. The van der Waals surface area contributed by atoms with E-state index in [1.165, 1.54) is 0 Å². The van der Waals surface area contributed by atoms with Crippen LogP contribution >= 0.6 is 28.1 Å². The average Bonchev–Trinajstić information content (AvgIpc) is 2.23. The largest absolute Gasteiger partial charge is 0.392 e. The van der Waals surface area contributed by atoms with Crippen molar-refractivity contribution in [3.63, 3.8) is 0 Å². The molecule has 3 N–H and O–H groups in total. The molecule has 1 aromatic rings. The van der Waals surface area contributed by atoms with Gasteiger partial charge in [-0.15, -0.1) is 0 Å². The molecule has 0 unspecified atom stereocenters. The Hall–Kier alpha value is -0.940. The molecule has 1 aliphatic rings. The Bertz CT molecular complexity index is 498. The van der Waals surface area contributed by atoms with E-state index in [2.05, 4.69) is 28.2 Å². The molecule has 1 fully saturated rings. The van der Waals surface area contributed by atoms with Crippen LogP contribution in [-0.4, -0.2) is 10.9 Å². The molecule has 1 aromatic carbocycles. The van der Waals surface area contributed by atoms with Crippen molar-refractivity contribution in [3.05, 3.63) is 28.7 Å². The van der Waals surface area contributed by atoms with E-state index in [1.807, 2.05) is 24.3 Å². The zero-order valence-corrected chi connectivity index (χ0v) is 12.5. The number of carbonyl (C=O) groups is 1. The molecule has 0 aliphatic heterocycles. The molecule has 0 heterocycles. The van der Waals surface area contributed by atoms with E-state index in [0.717, 1.165) is 23.0 Å². The molecule has 2 rings (SSSR count). The van der Waals surface area contributed by atoms with Gasteiger partial charge in [-0.25, -0.2) is 0 Å². The lowest BCUT2D eigenvalue weighted by molar-refractivity contribution is -0.127. The van der Waals surface area contributed by atoms with Gasteiger partial charge in [0.1, 0.15) is 0 Å². The van der Waals surface area contributed by atoms with Crippen LogP contribution in [-0.2, 0) is 4.79 Å². The first-order valence-electron chi connectivity index (χ1n) is 5.81. The molecule has 5 heteroatoms. The van der Waals surface area contributed by atoms with Crippen molar-refractivity contribution in [1.29, 1.82) is 0 Å². The van der Waals surface area contributed by atoms with Gasteiger partial charge in [0.15, 0.2) is 0 Å². The van der Waals surface area contributed by atoms with Crippen LogP contribution in [0, 0.1) is 11.3 Å². The molecule has 0 radical (unpaired) electrons. The number of rotatable bonds is 3. The fraction of sp³-hybridized carbons (Fsp3) is 0.385. The first-order valence-corrected chi connectivity index (χ1v) is 7.01. The summed E-state index contributed by atoms with van der Waals surface area (Å²) in [5, 5.41) is 2.89. The van der Waals surface area contributed by atoms with E-state index >= 15 is 0 Å². The Morgan fingerprint density at radius 1 is 1.56 bits per heavy atom. The average molecular weight is 327 g/mol. The van der Waals surface area contributed by atoms with Crippen molar-refractivity contribution in [2.75, 3.05) is 5.32 Å².